The summed E-state index contributed by atoms with van der Waals surface area (Å²) in [6.07, 6.45) is 1.78. The fraction of sp³-hybridized carbons (Fsp3) is 0.138. The maximum absolute atomic E-state index is 13.4. The number of hydrogen-bond acceptors (Lipinski definition) is 3. The molecule has 3 aromatic carbocycles. The molecule has 1 N–H and O–H groups in total. The summed E-state index contributed by atoms with van der Waals surface area (Å²) in [6.45, 7) is 5.69. The zero-order valence-electron chi connectivity index (χ0n) is 19.0. The molecule has 0 unspecified atom stereocenters. The minimum Gasteiger partial charge on any atom is -0.345 e. The Bertz CT molecular complexity index is 1280. The number of aromatic nitrogens is 1. The van der Waals surface area contributed by atoms with Gasteiger partial charge in [-0.2, -0.15) is 0 Å². The first kappa shape index (κ1) is 22.2. The fourth-order valence-electron chi connectivity index (χ4n) is 3.82. The zero-order valence-corrected chi connectivity index (χ0v) is 19.0. The minimum atomic E-state index is -0.223. The van der Waals surface area contributed by atoms with Crippen LogP contribution in [0.4, 0.5) is 0 Å². The number of nitrogens with one attached hydrogen (secondary N) is 1. The van der Waals surface area contributed by atoms with Gasteiger partial charge in [-0.05, 0) is 61.2 Å². The van der Waals surface area contributed by atoms with Crippen LogP contribution in [0.15, 0.2) is 91.1 Å². The van der Waals surface area contributed by atoms with E-state index in [2.05, 4.69) is 10.3 Å². The Morgan fingerprint density at radius 3 is 2.06 bits per heavy atom. The van der Waals surface area contributed by atoms with Crippen molar-refractivity contribution < 1.29 is 9.59 Å². The zero-order chi connectivity index (χ0) is 23.4. The molecule has 1 aromatic heterocycles. The maximum atomic E-state index is 13.4. The van der Waals surface area contributed by atoms with Crippen LogP contribution in [0.1, 0.15) is 56.1 Å². The first-order chi connectivity index (χ1) is 15.9. The van der Waals surface area contributed by atoms with Crippen LogP contribution in [-0.2, 0) is 0 Å². The number of hydrogen-bond donors (Lipinski definition) is 1. The van der Waals surface area contributed by atoms with Crippen LogP contribution in [0.2, 0.25) is 0 Å². The number of carbonyl (C=O) groups excluding carboxylic acids is 2. The van der Waals surface area contributed by atoms with Crippen molar-refractivity contribution in [1.82, 2.24) is 10.3 Å². The van der Waals surface area contributed by atoms with Crippen LogP contribution in [0, 0.1) is 13.8 Å². The molecule has 0 saturated heterocycles. The lowest BCUT2D eigenvalue weighted by molar-refractivity contribution is 0.0939. The molecular weight excluding hydrogens is 408 g/mol. The van der Waals surface area contributed by atoms with Gasteiger partial charge in [-0.15, -0.1) is 0 Å². The molecule has 0 saturated carbocycles. The lowest BCUT2D eigenvalue weighted by Gasteiger charge is -2.18. The van der Waals surface area contributed by atoms with E-state index in [1.165, 1.54) is 0 Å². The van der Waals surface area contributed by atoms with E-state index in [0.717, 1.165) is 22.4 Å². The van der Waals surface area contributed by atoms with Gasteiger partial charge < -0.3 is 5.32 Å². The molecule has 4 rings (SSSR count). The number of carbonyl (C=O) groups is 2. The van der Waals surface area contributed by atoms with Gasteiger partial charge >= 0.3 is 0 Å². The predicted molar refractivity (Wildman–Crippen MR) is 131 cm³/mol. The van der Waals surface area contributed by atoms with Crippen LogP contribution in [0.5, 0.6) is 0 Å². The molecule has 1 heterocycles. The molecule has 4 nitrogen and oxygen atoms in total. The maximum Gasteiger partial charge on any atom is 0.252 e. The summed E-state index contributed by atoms with van der Waals surface area (Å²) in [7, 11) is 0. The van der Waals surface area contributed by atoms with E-state index in [9.17, 15) is 9.59 Å². The van der Waals surface area contributed by atoms with Crippen molar-refractivity contribution >= 4 is 11.7 Å². The normalized spacial score (nSPS) is 11.6. The Hall–Kier alpha value is -4.05. The molecule has 0 aliphatic carbocycles. The highest BCUT2D eigenvalue weighted by molar-refractivity contribution is 6.12. The lowest BCUT2D eigenvalue weighted by Crippen LogP contribution is -2.28. The van der Waals surface area contributed by atoms with Crippen LogP contribution in [-0.4, -0.2) is 16.7 Å². The van der Waals surface area contributed by atoms with Gasteiger partial charge in [0.05, 0.1) is 6.04 Å². The van der Waals surface area contributed by atoms with Gasteiger partial charge in [-0.1, -0.05) is 66.7 Å². The average molecular weight is 435 g/mol. The van der Waals surface area contributed by atoms with Crippen LogP contribution >= 0.6 is 0 Å². The Kier molecular flexibility index (Phi) is 6.45. The van der Waals surface area contributed by atoms with Crippen molar-refractivity contribution in [2.24, 2.45) is 0 Å². The summed E-state index contributed by atoms with van der Waals surface area (Å²) in [6, 6.07) is 26.3. The predicted octanol–water partition coefficient (Wildman–Crippen LogP) is 6.09. The molecule has 0 spiro atoms. The van der Waals surface area contributed by atoms with Crippen molar-refractivity contribution in [1.29, 1.82) is 0 Å². The Labute approximate surface area is 194 Å². The number of aryl methyl sites for hydroxylation is 1. The highest BCUT2D eigenvalue weighted by atomic mass is 16.1. The van der Waals surface area contributed by atoms with Crippen molar-refractivity contribution in [2.75, 3.05) is 0 Å². The Morgan fingerprint density at radius 1 is 0.788 bits per heavy atom. The SMILES string of the molecule is Cc1ccc([C@@H](C)NC(=O)c2cc(-c3ccccc3)cc(C(=O)c3ccccc3)c2C)cn1. The summed E-state index contributed by atoms with van der Waals surface area (Å²) >= 11 is 0. The van der Waals surface area contributed by atoms with E-state index in [-0.39, 0.29) is 17.7 Å². The van der Waals surface area contributed by atoms with Crippen LogP contribution < -0.4 is 5.32 Å². The number of amides is 1. The van der Waals surface area contributed by atoms with Gasteiger partial charge in [0.25, 0.3) is 5.91 Å². The Balaban J connectivity index is 1.75. The van der Waals surface area contributed by atoms with Gasteiger partial charge in [0, 0.05) is 28.6 Å². The molecule has 33 heavy (non-hydrogen) atoms. The van der Waals surface area contributed by atoms with Crippen molar-refractivity contribution in [3.63, 3.8) is 0 Å². The highest BCUT2D eigenvalue weighted by Gasteiger charge is 2.21. The van der Waals surface area contributed by atoms with E-state index in [1.54, 1.807) is 18.3 Å². The molecule has 4 heteroatoms. The highest BCUT2D eigenvalue weighted by Crippen LogP contribution is 2.28. The van der Waals surface area contributed by atoms with Gasteiger partial charge in [-0.3, -0.25) is 14.6 Å². The molecule has 0 radical (unpaired) electrons. The van der Waals surface area contributed by atoms with Crippen LogP contribution in [0.25, 0.3) is 11.1 Å². The summed E-state index contributed by atoms with van der Waals surface area (Å²) in [5.74, 6) is -0.323. The molecule has 164 valence electrons. The van der Waals surface area contributed by atoms with Gasteiger partial charge in [0.15, 0.2) is 5.78 Å². The van der Waals surface area contributed by atoms with Crippen molar-refractivity contribution in [3.8, 4) is 11.1 Å². The minimum absolute atomic E-state index is 0.101. The number of nitrogens with zero attached hydrogens (tertiary/aromatic N) is 1. The smallest absolute Gasteiger partial charge is 0.252 e. The topological polar surface area (TPSA) is 59.1 Å². The van der Waals surface area contributed by atoms with E-state index in [0.29, 0.717) is 22.3 Å². The standard InChI is InChI=1S/C29H26N2O2/c1-19-14-15-24(18-30-19)21(3)31-29(33)27-17-25(22-10-6-4-7-11-22)16-26(20(27)2)28(32)23-12-8-5-9-13-23/h4-18,21H,1-3H3,(H,31,33)/t21-/m1/s1. The molecule has 1 atom stereocenters. The third kappa shape index (κ3) is 4.90. The molecule has 1 amide bonds. The monoisotopic (exact) mass is 434 g/mol. The molecule has 4 aromatic rings. The molecule has 0 aliphatic rings. The second-order valence-corrected chi connectivity index (χ2v) is 8.19. The molecule has 0 fully saturated rings. The molecule has 0 aliphatic heterocycles. The first-order valence-corrected chi connectivity index (χ1v) is 11.0. The van der Waals surface area contributed by atoms with Crippen molar-refractivity contribution in [3.05, 3.63) is 125 Å². The lowest BCUT2D eigenvalue weighted by atomic mass is 9.90. The first-order valence-electron chi connectivity index (χ1n) is 11.0. The Morgan fingerprint density at radius 2 is 1.42 bits per heavy atom. The summed E-state index contributed by atoms with van der Waals surface area (Å²) in [5, 5.41) is 3.07. The van der Waals surface area contributed by atoms with E-state index in [1.807, 2.05) is 93.6 Å². The van der Waals surface area contributed by atoms with E-state index < -0.39 is 0 Å². The summed E-state index contributed by atoms with van der Waals surface area (Å²) in [4.78, 5) is 31.1. The molecule has 0 bridgehead atoms. The largest absolute Gasteiger partial charge is 0.345 e. The van der Waals surface area contributed by atoms with Crippen LogP contribution in [0.3, 0.4) is 0 Å². The number of pyridine rings is 1. The number of rotatable bonds is 6. The van der Waals surface area contributed by atoms with Gasteiger partial charge in [0.1, 0.15) is 0 Å². The van der Waals surface area contributed by atoms with Gasteiger partial charge in [-0.25, -0.2) is 0 Å². The molecular formula is C29H26N2O2. The third-order valence-electron chi connectivity index (χ3n) is 5.82. The quantitative estimate of drug-likeness (QED) is 0.374. The van der Waals surface area contributed by atoms with Crippen molar-refractivity contribution in [2.45, 2.75) is 26.8 Å². The van der Waals surface area contributed by atoms with Gasteiger partial charge in [0.2, 0.25) is 0 Å². The average Bonchev–Trinajstić information content (AvgIpc) is 2.85. The van der Waals surface area contributed by atoms with E-state index >= 15 is 0 Å². The number of benzene rings is 3. The summed E-state index contributed by atoms with van der Waals surface area (Å²) < 4.78 is 0. The third-order valence-corrected chi connectivity index (χ3v) is 5.82. The second-order valence-electron chi connectivity index (χ2n) is 8.19. The second kappa shape index (κ2) is 9.61. The van der Waals surface area contributed by atoms with E-state index in [4.69, 9.17) is 0 Å². The summed E-state index contributed by atoms with van der Waals surface area (Å²) in [5.41, 5.74) is 5.89. The number of ketones is 1. The fourth-order valence-corrected chi connectivity index (χ4v) is 3.82.